The summed E-state index contributed by atoms with van der Waals surface area (Å²) in [5.41, 5.74) is 2.14. The molecule has 0 aromatic carbocycles. The van der Waals surface area contributed by atoms with Crippen molar-refractivity contribution < 1.29 is 9.59 Å². The summed E-state index contributed by atoms with van der Waals surface area (Å²) in [4.78, 5) is 23.1. The van der Waals surface area contributed by atoms with Crippen LogP contribution in [-0.4, -0.2) is 11.7 Å². The molecule has 0 aromatic heterocycles. The molecule has 2 aliphatic carbocycles. The van der Waals surface area contributed by atoms with Crippen LogP contribution in [0.15, 0.2) is 47.2 Å². The Morgan fingerprint density at radius 3 is 2.75 bits per heavy atom. The molecule has 0 aromatic rings. The van der Waals surface area contributed by atoms with Gasteiger partial charge in [-0.3, -0.25) is 9.59 Å². The van der Waals surface area contributed by atoms with Crippen molar-refractivity contribution in [2.45, 2.75) is 13.8 Å². The van der Waals surface area contributed by atoms with Crippen LogP contribution >= 0.6 is 0 Å². The Bertz CT molecular complexity index is 476. The van der Waals surface area contributed by atoms with Crippen molar-refractivity contribution in [1.29, 1.82) is 0 Å². The van der Waals surface area contributed by atoms with E-state index in [1.54, 1.807) is 6.08 Å². The lowest BCUT2D eigenvalue weighted by atomic mass is 9.98. The van der Waals surface area contributed by atoms with Gasteiger partial charge in [0.2, 0.25) is 5.91 Å². The number of fused-ring (bicyclic) bond motifs is 1. The third-order valence-corrected chi connectivity index (χ3v) is 2.50. The van der Waals surface area contributed by atoms with Crippen LogP contribution in [0.5, 0.6) is 0 Å². The molecule has 16 heavy (non-hydrogen) atoms. The normalized spacial score (nSPS) is 17.9. The van der Waals surface area contributed by atoms with Gasteiger partial charge in [-0.25, -0.2) is 0 Å². The van der Waals surface area contributed by atoms with Gasteiger partial charge in [-0.05, 0) is 11.6 Å². The zero-order valence-corrected chi connectivity index (χ0v) is 9.28. The molecule has 0 atom stereocenters. The Kier molecular flexibility index (Phi) is 2.60. The van der Waals surface area contributed by atoms with Crippen molar-refractivity contribution >= 4 is 11.7 Å². The molecule has 2 rings (SSSR count). The molecule has 0 saturated carbocycles. The standard InChI is InChI=1S/C13H13NO2/c1-8(2)13(16)14-10-6-9-4-3-5-11(9)12(15)7-10/h3-8H,1-2H3,(H,14,16). The Morgan fingerprint density at radius 2 is 2.06 bits per heavy atom. The predicted octanol–water partition coefficient (Wildman–Crippen LogP) is 1.65. The van der Waals surface area contributed by atoms with Gasteiger partial charge in [0.25, 0.3) is 0 Å². The van der Waals surface area contributed by atoms with E-state index in [0.717, 1.165) is 5.57 Å². The molecule has 0 heterocycles. The first-order chi connectivity index (χ1) is 7.58. The average Bonchev–Trinajstić information content (AvgIpc) is 2.65. The molecular formula is C13H13NO2. The first-order valence-electron chi connectivity index (χ1n) is 5.25. The molecule has 0 aliphatic heterocycles. The highest BCUT2D eigenvalue weighted by atomic mass is 16.2. The number of ketones is 1. The fraction of sp³-hybridized carbons (Fsp3) is 0.231. The molecule has 0 bridgehead atoms. The second-order valence-corrected chi connectivity index (χ2v) is 4.15. The van der Waals surface area contributed by atoms with Crippen LogP contribution in [0.3, 0.4) is 0 Å². The van der Waals surface area contributed by atoms with Crippen LogP contribution in [0.1, 0.15) is 13.8 Å². The third kappa shape index (κ3) is 1.89. The second kappa shape index (κ2) is 3.93. The topological polar surface area (TPSA) is 46.2 Å². The van der Waals surface area contributed by atoms with Gasteiger partial charge in [0, 0.05) is 23.3 Å². The van der Waals surface area contributed by atoms with Crippen molar-refractivity contribution in [2.24, 2.45) is 5.92 Å². The number of hydrogen-bond donors (Lipinski definition) is 1. The molecule has 2 aliphatic rings. The van der Waals surface area contributed by atoms with Crippen molar-refractivity contribution in [1.82, 2.24) is 5.32 Å². The fourth-order valence-electron chi connectivity index (χ4n) is 1.57. The highest BCUT2D eigenvalue weighted by Gasteiger charge is 2.20. The summed E-state index contributed by atoms with van der Waals surface area (Å²) < 4.78 is 0. The number of nitrogens with one attached hydrogen (secondary N) is 1. The molecule has 1 N–H and O–H groups in total. The number of amides is 1. The SMILES string of the molecule is CC(C)C(=O)NC1=CC(=O)C2=CC=CC2=C1. The highest BCUT2D eigenvalue weighted by molar-refractivity contribution is 6.11. The fourth-order valence-corrected chi connectivity index (χ4v) is 1.57. The Balaban J connectivity index is 2.19. The van der Waals surface area contributed by atoms with Crippen LogP contribution in [0, 0.1) is 5.92 Å². The Labute approximate surface area is 94.2 Å². The highest BCUT2D eigenvalue weighted by Crippen LogP contribution is 2.25. The van der Waals surface area contributed by atoms with Gasteiger partial charge in [0.05, 0.1) is 0 Å². The molecule has 1 amide bonds. The largest absolute Gasteiger partial charge is 0.326 e. The zero-order valence-electron chi connectivity index (χ0n) is 9.28. The van der Waals surface area contributed by atoms with Gasteiger partial charge in [0.1, 0.15) is 0 Å². The van der Waals surface area contributed by atoms with Gasteiger partial charge >= 0.3 is 0 Å². The molecule has 0 fully saturated rings. The molecule has 0 spiro atoms. The summed E-state index contributed by atoms with van der Waals surface area (Å²) in [6, 6.07) is 0. The van der Waals surface area contributed by atoms with E-state index >= 15 is 0 Å². The lowest BCUT2D eigenvalue weighted by Crippen LogP contribution is -2.28. The zero-order chi connectivity index (χ0) is 11.7. The van der Waals surface area contributed by atoms with E-state index in [9.17, 15) is 9.59 Å². The van der Waals surface area contributed by atoms with Crippen molar-refractivity contribution in [2.75, 3.05) is 0 Å². The molecule has 82 valence electrons. The lowest BCUT2D eigenvalue weighted by molar-refractivity contribution is -0.123. The second-order valence-electron chi connectivity index (χ2n) is 4.15. The van der Waals surface area contributed by atoms with Crippen LogP contribution in [0.4, 0.5) is 0 Å². The summed E-state index contributed by atoms with van der Waals surface area (Å²) in [6.45, 7) is 3.63. The minimum Gasteiger partial charge on any atom is -0.326 e. The van der Waals surface area contributed by atoms with E-state index in [4.69, 9.17) is 0 Å². The van der Waals surface area contributed by atoms with E-state index in [-0.39, 0.29) is 17.6 Å². The van der Waals surface area contributed by atoms with E-state index < -0.39 is 0 Å². The van der Waals surface area contributed by atoms with Gasteiger partial charge in [0.15, 0.2) is 5.78 Å². The van der Waals surface area contributed by atoms with Gasteiger partial charge in [-0.2, -0.15) is 0 Å². The maximum Gasteiger partial charge on any atom is 0.226 e. The van der Waals surface area contributed by atoms with Crippen LogP contribution < -0.4 is 5.32 Å². The maximum absolute atomic E-state index is 11.7. The van der Waals surface area contributed by atoms with Crippen molar-refractivity contribution in [3.05, 3.63) is 47.2 Å². The third-order valence-electron chi connectivity index (χ3n) is 2.50. The van der Waals surface area contributed by atoms with Crippen LogP contribution in [0.25, 0.3) is 0 Å². The number of allylic oxidation sites excluding steroid dienone is 7. The van der Waals surface area contributed by atoms with Gasteiger partial charge in [-0.15, -0.1) is 0 Å². The van der Waals surface area contributed by atoms with E-state index in [1.807, 2.05) is 32.1 Å². The van der Waals surface area contributed by atoms with Crippen molar-refractivity contribution in [3.63, 3.8) is 0 Å². The molecule has 0 radical (unpaired) electrons. The average molecular weight is 215 g/mol. The lowest BCUT2D eigenvalue weighted by Gasteiger charge is -2.13. The van der Waals surface area contributed by atoms with E-state index in [0.29, 0.717) is 11.3 Å². The Morgan fingerprint density at radius 1 is 1.31 bits per heavy atom. The minimum absolute atomic E-state index is 0.0541. The maximum atomic E-state index is 11.7. The predicted molar refractivity (Wildman–Crippen MR) is 61.4 cm³/mol. The molecular weight excluding hydrogens is 202 g/mol. The number of carbonyl (C=O) groups excluding carboxylic acids is 2. The Hall–Kier alpha value is -1.90. The number of carbonyl (C=O) groups is 2. The first kappa shape index (κ1) is 10.6. The van der Waals surface area contributed by atoms with E-state index in [1.165, 1.54) is 6.08 Å². The summed E-state index contributed by atoms with van der Waals surface area (Å²) >= 11 is 0. The minimum atomic E-state index is -0.0922. The molecule has 0 unspecified atom stereocenters. The quantitative estimate of drug-likeness (QED) is 0.761. The first-order valence-corrected chi connectivity index (χ1v) is 5.25. The summed E-state index contributed by atoms with van der Waals surface area (Å²) in [6.07, 6.45) is 8.76. The number of rotatable bonds is 2. The molecule has 0 saturated heterocycles. The summed E-state index contributed by atoms with van der Waals surface area (Å²) in [5, 5.41) is 2.73. The van der Waals surface area contributed by atoms with Gasteiger partial charge < -0.3 is 5.32 Å². The molecule has 3 heteroatoms. The summed E-state index contributed by atoms with van der Waals surface area (Å²) in [5.74, 6) is -0.225. The van der Waals surface area contributed by atoms with E-state index in [2.05, 4.69) is 5.32 Å². The van der Waals surface area contributed by atoms with Crippen LogP contribution in [0.2, 0.25) is 0 Å². The number of hydrogen-bond acceptors (Lipinski definition) is 2. The van der Waals surface area contributed by atoms with Crippen LogP contribution in [-0.2, 0) is 9.59 Å². The monoisotopic (exact) mass is 215 g/mol. The smallest absolute Gasteiger partial charge is 0.226 e. The summed E-state index contributed by atoms with van der Waals surface area (Å²) in [7, 11) is 0. The van der Waals surface area contributed by atoms with Gasteiger partial charge in [-0.1, -0.05) is 32.1 Å². The molecule has 3 nitrogen and oxygen atoms in total. The van der Waals surface area contributed by atoms with Crippen molar-refractivity contribution in [3.8, 4) is 0 Å².